The van der Waals surface area contributed by atoms with Crippen molar-refractivity contribution in [2.24, 2.45) is 11.8 Å². The van der Waals surface area contributed by atoms with Gasteiger partial charge in [-0.25, -0.2) is 0 Å². The SMILES string of the molecule is CCNC(Cc1ccc(Br)s1)C(C)C1CC1. The molecule has 90 valence electrons. The van der Waals surface area contributed by atoms with Crippen molar-refractivity contribution in [3.05, 3.63) is 20.8 Å². The van der Waals surface area contributed by atoms with Crippen LogP contribution in [0.5, 0.6) is 0 Å². The molecule has 16 heavy (non-hydrogen) atoms. The van der Waals surface area contributed by atoms with Gasteiger partial charge in [-0.1, -0.05) is 13.8 Å². The first-order valence-electron chi connectivity index (χ1n) is 6.18. The Kier molecular flexibility index (Phi) is 4.45. The fraction of sp³-hybridized carbons (Fsp3) is 0.692. The molecule has 0 bridgehead atoms. The summed E-state index contributed by atoms with van der Waals surface area (Å²) in [5, 5.41) is 3.65. The third-order valence-electron chi connectivity index (χ3n) is 3.52. The molecule has 1 aliphatic carbocycles. The zero-order chi connectivity index (χ0) is 11.5. The lowest BCUT2D eigenvalue weighted by atomic mass is 9.93. The molecular formula is C13H20BrNS. The molecule has 3 heteroatoms. The molecule has 1 N–H and O–H groups in total. The van der Waals surface area contributed by atoms with Gasteiger partial charge in [-0.3, -0.25) is 0 Å². The number of likely N-dealkylation sites (N-methyl/N-ethyl adjacent to an activating group) is 1. The molecule has 1 nitrogen and oxygen atoms in total. The summed E-state index contributed by atoms with van der Waals surface area (Å²) in [5.41, 5.74) is 0. The van der Waals surface area contributed by atoms with Gasteiger partial charge in [0.05, 0.1) is 3.79 Å². The summed E-state index contributed by atoms with van der Waals surface area (Å²) in [5.74, 6) is 1.80. The van der Waals surface area contributed by atoms with Crippen LogP contribution in [0.2, 0.25) is 0 Å². The zero-order valence-corrected chi connectivity index (χ0v) is 12.4. The third-order valence-corrected chi connectivity index (χ3v) is 5.16. The second-order valence-corrected chi connectivity index (χ2v) is 7.32. The Morgan fingerprint density at radius 3 is 2.75 bits per heavy atom. The van der Waals surface area contributed by atoms with Crippen LogP contribution in [0.15, 0.2) is 15.9 Å². The van der Waals surface area contributed by atoms with Crippen molar-refractivity contribution in [3.63, 3.8) is 0 Å². The maximum absolute atomic E-state index is 3.65. The molecule has 2 atom stereocenters. The smallest absolute Gasteiger partial charge is 0.0701 e. The third kappa shape index (κ3) is 3.31. The number of hydrogen-bond donors (Lipinski definition) is 1. The molecule has 0 amide bonds. The van der Waals surface area contributed by atoms with Gasteiger partial charge in [0.15, 0.2) is 0 Å². The summed E-state index contributed by atoms with van der Waals surface area (Å²) in [6, 6.07) is 5.06. The Labute approximate surface area is 111 Å². The topological polar surface area (TPSA) is 12.0 Å². The van der Waals surface area contributed by atoms with Gasteiger partial charge in [0.1, 0.15) is 0 Å². The molecule has 2 rings (SSSR count). The first-order chi connectivity index (χ1) is 7.70. The van der Waals surface area contributed by atoms with E-state index < -0.39 is 0 Å². The van der Waals surface area contributed by atoms with Gasteiger partial charge in [-0.15, -0.1) is 11.3 Å². The molecule has 0 aromatic carbocycles. The maximum atomic E-state index is 3.65. The maximum Gasteiger partial charge on any atom is 0.0701 e. The summed E-state index contributed by atoms with van der Waals surface area (Å²) in [6.07, 6.45) is 4.07. The average Bonchev–Trinajstić information content (AvgIpc) is 3.02. The number of thiophene rings is 1. The lowest BCUT2D eigenvalue weighted by molar-refractivity contribution is 0.346. The molecule has 1 fully saturated rings. The van der Waals surface area contributed by atoms with E-state index in [2.05, 4.69) is 47.2 Å². The second-order valence-electron chi connectivity index (χ2n) is 4.77. The van der Waals surface area contributed by atoms with Crippen LogP contribution in [0.25, 0.3) is 0 Å². The predicted molar refractivity (Wildman–Crippen MR) is 75.1 cm³/mol. The number of rotatable bonds is 6. The molecule has 1 aromatic heterocycles. The monoisotopic (exact) mass is 301 g/mol. The molecule has 1 saturated carbocycles. The van der Waals surface area contributed by atoms with Crippen molar-refractivity contribution in [3.8, 4) is 0 Å². The Morgan fingerprint density at radius 1 is 1.50 bits per heavy atom. The van der Waals surface area contributed by atoms with Gasteiger partial charge < -0.3 is 5.32 Å². The van der Waals surface area contributed by atoms with Crippen LogP contribution >= 0.6 is 27.3 Å². The normalized spacial score (nSPS) is 19.7. The molecule has 0 saturated heterocycles. The van der Waals surface area contributed by atoms with Crippen molar-refractivity contribution < 1.29 is 0 Å². The van der Waals surface area contributed by atoms with Crippen molar-refractivity contribution in [2.45, 2.75) is 39.2 Å². The van der Waals surface area contributed by atoms with Crippen LogP contribution in [0.4, 0.5) is 0 Å². The quantitative estimate of drug-likeness (QED) is 0.835. The lowest BCUT2D eigenvalue weighted by Crippen LogP contribution is -2.37. The van der Waals surface area contributed by atoms with E-state index in [1.807, 2.05) is 11.3 Å². The molecule has 2 unspecified atom stereocenters. The van der Waals surface area contributed by atoms with Crippen molar-refractivity contribution >= 4 is 27.3 Å². The molecular weight excluding hydrogens is 282 g/mol. The first kappa shape index (κ1) is 12.6. The summed E-state index contributed by atoms with van der Waals surface area (Å²) in [7, 11) is 0. The van der Waals surface area contributed by atoms with E-state index in [4.69, 9.17) is 0 Å². The van der Waals surface area contributed by atoms with E-state index >= 15 is 0 Å². The van der Waals surface area contributed by atoms with Crippen molar-refractivity contribution in [1.82, 2.24) is 5.32 Å². The fourth-order valence-corrected chi connectivity index (χ4v) is 3.88. The van der Waals surface area contributed by atoms with Gasteiger partial charge in [-0.05, 0) is 65.7 Å². The van der Waals surface area contributed by atoms with Crippen LogP contribution in [0, 0.1) is 11.8 Å². The highest BCUT2D eigenvalue weighted by molar-refractivity contribution is 9.11. The highest BCUT2D eigenvalue weighted by Gasteiger charge is 2.32. The van der Waals surface area contributed by atoms with Crippen LogP contribution < -0.4 is 5.32 Å². The summed E-state index contributed by atoms with van der Waals surface area (Å²) < 4.78 is 1.25. The van der Waals surface area contributed by atoms with E-state index in [9.17, 15) is 0 Å². The van der Waals surface area contributed by atoms with Crippen LogP contribution in [-0.4, -0.2) is 12.6 Å². The fourth-order valence-electron chi connectivity index (χ4n) is 2.33. The minimum Gasteiger partial charge on any atom is -0.314 e. The molecule has 0 aliphatic heterocycles. The molecule has 1 aliphatic rings. The van der Waals surface area contributed by atoms with Crippen LogP contribution in [-0.2, 0) is 6.42 Å². The summed E-state index contributed by atoms with van der Waals surface area (Å²) in [4.78, 5) is 1.49. The second kappa shape index (κ2) is 5.65. The Morgan fingerprint density at radius 2 is 2.25 bits per heavy atom. The first-order valence-corrected chi connectivity index (χ1v) is 7.79. The molecule has 1 aromatic rings. The van der Waals surface area contributed by atoms with E-state index in [0.29, 0.717) is 6.04 Å². The highest BCUT2D eigenvalue weighted by Crippen LogP contribution is 2.39. The minimum atomic E-state index is 0.656. The Hall–Kier alpha value is 0.140. The van der Waals surface area contributed by atoms with Gasteiger partial charge in [0, 0.05) is 10.9 Å². The van der Waals surface area contributed by atoms with Gasteiger partial charge >= 0.3 is 0 Å². The van der Waals surface area contributed by atoms with E-state index in [1.54, 1.807) is 0 Å². The number of hydrogen-bond acceptors (Lipinski definition) is 2. The Bertz CT molecular complexity index is 332. The molecule has 0 spiro atoms. The van der Waals surface area contributed by atoms with Crippen LogP contribution in [0.3, 0.4) is 0 Å². The largest absolute Gasteiger partial charge is 0.314 e. The van der Waals surface area contributed by atoms with Gasteiger partial charge in [0.2, 0.25) is 0 Å². The molecule has 0 radical (unpaired) electrons. The van der Waals surface area contributed by atoms with E-state index in [0.717, 1.165) is 18.4 Å². The Balaban J connectivity index is 1.95. The molecule has 1 heterocycles. The van der Waals surface area contributed by atoms with E-state index in [1.165, 1.54) is 27.9 Å². The highest BCUT2D eigenvalue weighted by atomic mass is 79.9. The predicted octanol–water partition coefficient (Wildman–Crippen LogP) is 4.08. The van der Waals surface area contributed by atoms with Gasteiger partial charge in [0.25, 0.3) is 0 Å². The zero-order valence-electron chi connectivity index (χ0n) is 10.0. The van der Waals surface area contributed by atoms with Crippen molar-refractivity contribution in [1.29, 1.82) is 0 Å². The summed E-state index contributed by atoms with van der Waals surface area (Å²) in [6.45, 7) is 5.69. The number of halogens is 1. The summed E-state index contributed by atoms with van der Waals surface area (Å²) >= 11 is 5.41. The van der Waals surface area contributed by atoms with Crippen LogP contribution in [0.1, 0.15) is 31.6 Å². The lowest BCUT2D eigenvalue weighted by Gasteiger charge is -2.24. The van der Waals surface area contributed by atoms with Gasteiger partial charge in [-0.2, -0.15) is 0 Å². The van der Waals surface area contributed by atoms with E-state index in [-0.39, 0.29) is 0 Å². The average molecular weight is 302 g/mol. The minimum absolute atomic E-state index is 0.656. The van der Waals surface area contributed by atoms with Crippen molar-refractivity contribution in [2.75, 3.05) is 6.54 Å². The number of nitrogens with one attached hydrogen (secondary N) is 1. The standard InChI is InChI=1S/C13H20BrNS/c1-3-15-12(9(2)10-4-5-10)8-11-6-7-13(14)16-11/h6-7,9-10,12,15H,3-5,8H2,1-2H3.